The summed E-state index contributed by atoms with van der Waals surface area (Å²) in [5.74, 6) is -0.997. The van der Waals surface area contributed by atoms with Crippen LogP contribution in [0.15, 0.2) is 12.1 Å². The van der Waals surface area contributed by atoms with E-state index in [0.717, 1.165) is 16.8 Å². The number of alkyl carbamates (subject to hydrolysis) is 1. The SMILES string of the molecule is CC(C)(C)OC(=O)N[C@H]1CCN(c2cc(C(=O)O)cc3sc(N)nc23)C1. The van der Waals surface area contributed by atoms with Gasteiger partial charge in [-0.15, -0.1) is 0 Å². The molecule has 2 heterocycles. The van der Waals surface area contributed by atoms with Gasteiger partial charge >= 0.3 is 12.1 Å². The Balaban J connectivity index is 1.80. The summed E-state index contributed by atoms with van der Waals surface area (Å²) in [5.41, 5.74) is 6.86. The highest BCUT2D eigenvalue weighted by molar-refractivity contribution is 7.22. The van der Waals surface area contributed by atoms with Gasteiger partial charge in [-0.3, -0.25) is 0 Å². The predicted molar refractivity (Wildman–Crippen MR) is 101 cm³/mol. The average Bonchev–Trinajstić information content (AvgIpc) is 3.09. The first-order valence-corrected chi connectivity index (χ1v) is 9.12. The second-order valence-corrected chi connectivity index (χ2v) is 8.34. The molecular formula is C17H22N4O4S. The molecule has 1 saturated heterocycles. The fourth-order valence-corrected chi connectivity index (χ4v) is 3.76. The van der Waals surface area contributed by atoms with Gasteiger partial charge in [0.15, 0.2) is 5.13 Å². The quantitative estimate of drug-likeness (QED) is 0.751. The van der Waals surface area contributed by atoms with Crippen LogP contribution in [0.2, 0.25) is 0 Å². The fraction of sp³-hybridized carbons (Fsp3) is 0.471. The number of nitrogens with one attached hydrogen (secondary N) is 1. The summed E-state index contributed by atoms with van der Waals surface area (Å²) in [5, 5.41) is 12.6. The van der Waals surface area contributed by atoms with Gasteiger partial charge in [0, 0.05) is 13.1 Å². The largest absolute Gasteiger partial charge is 0.478 e. The Bertz CT molecular complexity index is 858. The number of carboxylic acid groups (broad SMARTS) is 1. The molecule has 8 nitrogen and oxygen atoms in total. The molecule has 0 aliphatic carbocycles. The van der Waals surface area contributed by atoms with Crippen LogP contribution < -0.4 is 16.0 Å². The summed E-state index contributed by atoms with van der Waals surface area (Å²) in [6.45, 7) is 6.67. The average molecular weight is 378 g/mol. The number of benzene rings is 1. The lowest BCUT2D eigenvalue weighted by Gasteiger charge is -2.22. The molecule has 1 aliphatic heterocycles. The van der Waals surface area contributed by atoms with Crippen LogP contribution in [-0.4, -0.2) is 46.9 Å². The molecule has 140 valence electrons. The molecule has 1 fully saturated rings. The Morgan fingerprint density at radius 3 is 2.81 bits per heavy atom. The minimum Gasteiger partial charge on any atom is -0.478 e. The first-order chi connectivity index (χ1) is 12.1. The predicted octanol–water partition coefficient (Wildman–Crippen LogP) is 2.68. The number of carbonyl (C=O) groups is 2. The van der Waals surface area contributed by atoms with E-state index in [-0.39, 0.29) is 11.6 Å². The molecule has 2 aromatic rings. The third-order valence-electron chi connectivity index (χ3n) is 3.99. The van der Waals surface area contributed by atoms with E-state index in [9.17, 15) is 14.7 Å². The molecule has 26 heavy (non-hydrogen) atoms. The highest BCUT2D eigenvalue weighted by atomic mass is 32.1. The number of carboxylic acids is 1. The minimum atomic E-state index is -0.997. The number of nitrogens with two attached hydrogens (primary N) is 1. The number of ether oxygens (including phenoxy) is 1. The van der Waals surface area contributed by atoms with Crippen LogP contribution >= 0.6 is 11.3 Å². The second kappa shape index (κ2) is 6.64. The molecule has 0 spiro atoms. The number of fused-ring (bicyclic) bond motifs is 1. The summed E-state index contributed by atoms with van der Waals surface area (Å²) in [4.78, 5) is 29.7. The van der Waals surface area contributed by atoms with Crippen LogP contribution in [-0.2, 0) is 4.74 Å². The normalized spacial score (nSPS) is 17.5. The Hall–Kier alpha value is -2.55. The maximum Gasteiger partial charge on any atom is 0.407 e. The summed E-state index contributed by atoms with van der Waals surface area (Å²) in [7, 11) is 0. The van der Waals surface area contributed by atoms with E-state index >= 15 is 0 Å². The van der Waals surface area contributed by atoms with Gasteiger partial charge in [0.2, 0.25) is 0 Å². The lowest BCUT2D eigenvalue weighted by molar-refractivity contribution is 0.0508. The molecule has 1 aromatic heterocycles. The van der Waals surface area contributed by atoms with Crippen LogP contribution in [0.25, 0.3) is 10.2 Å². The lowest BCUT2D eigenvalue weighted by atomic mass is 10.1. The van der Waals surface area contributed by atoms with Crippen LogP contribution in [0.3, 0.4) is 0 Å². The number of carbonyl (C=O) groups excluding carboxylic acids is 1. The zero-order valence-corrected chi connectivity index (χ0v) is 15.7. The van der Waals surface area contributed by atoms with Crippen molar-refractivity contribution in [3.05, 3.63) is 17.7 Å². The Labute approximate surface area is 154 Å². The Morgan fingerprint density at radius 1 is 1.42 bits per heavy atom. The first kappa shape index (κ1) is 18.2. The van der Waals surface area contributed by atoms with Crippen LogP contribution in [0.4, 0.5) is 15.6 Å². The van der Waals surface area contributed by atoms with Crippen molar-refractivity contribution in [2.45, 2.75) is 38.8 Å². The number of nitrogens with zero attached hydrogens (tertiary/aromatic N) is 2. The van der Waals surface area contributed by atoms with Crippen molar-refractivity contribution in [1.29, 1.82) is 0 Å². The molecule has 3 rings (SSSR count). The number of aromatic carboxylic acids is 1. The van der Waals surface area contributed by atoms with Crippen LogP contribution in [0, 0.1) is 0 Å². The van der Waals surface area contributed by atoms with E-state index in [0.29, 0.717) is 23.7 Å². The van der Waals surface area contributed by atoms with Crippen molar-refractivity contribution in [2.24, 2.45) is 0 Å². The highest BCUT2D eigenvalue weighted by Gasteiger charge is 2.28. The maximum absolute atomic E-state index is 12.0. The van der Waals surface area contributed by atoms with E-state index in [1.54, 1.807) is 12.1 Å². The molecule has 1 amide bonds. The number of nitrogen functional groups attached to an aromatic ring is 1. The number of rotatable bonds is 3. The Morgan fingerprint density at radius 2 is 2.15 bits per heavy atom. The van der Waals surface area contributed by atoms with E-state index in [1.165, 1.54) is 11.3 Å². The maximum atomic E-state index is 12.0. The van der Waals surface area contributed by atoms with Gasteiger partial charge in [0.1, 0.15) is 11.1 Å². The summed E-state index contributed by atoms with van der Waals surface area (Å²) in [6.07, 6.45) is 0.282. The van der Waals surface area contributed by atoms with Crippen molar-refractivity contribution in [3.63, 3.8) is 0 Å². The monoisotopic (exact) mass is 378 g/mol. The van der Waals surface area contributed by atoms with Crippen molar-refractivity contribution < 1.29 is 19.4 Å². The van der Waals surface area contributed by atoms with E-state index in [1.807, 2.05) is 25.7 Å². The number of hydrogen-bond acceptors (Lipinski definition) is 7. The first-order valence-electron chi connectivity index (χ1n) is 8.30. The third kappa shape index (κ3) is 3.98. The zero-order valence-electron chi connectivity index (χ0n) is 14.9. The number of amides is 1. The lowest BCUT2D eigenvalue weighted by Crippen LogP contribution is -2.40. The van der Waals surface area contributed by atoms with Gasteiger partial charge in [0.05, 0.1) is 22.0 Å². The van der Waals surface area contributed by atoms with Gasteiger partial charge in [0.25, 0.3) is 0 Å². The molecule has 1 aromatic carbocycles. The molecule has 0 bridgehead atoms. The molecule has 4 N–H and O–H groups in total. The van der Waals surface area contributed by atoms with E-state index in [2.05, 4.69) is 10.3 Å². The van der Waals surface area contributed by atoms with Gasteiger partial charge in [-0.2, -0.15) is 0 Å². The number of anilines is 2. The molecule has 9 heteroatoms. The van der Waals surface area contributed by atoms with Gasteiger partial charge in [-0.1, -0.05) is 11.3 Å². The van der Waals surface area contributed by atoms with Crippen molar-refractivity contribution in [1.82, 2.24) is 10.3 Å². The summed E-state index contributed by atoms with van der Waals surface area (Å²) < 4.78 is 6.03. The molecule has 0 radical (unpaired) electrons. The van der Waals surface area contributed by atoms with E-state index in [4.69, 9.17) is 10.5 Å². The Kier molecular flexibility index (Phi) is 4.66. The molecular weight excluding hydrogens is 356 g/mol. The molecule has 1 aliphatic rings. The minimum absolute atomic E-state index is 0.0793. The van der Waals surface area contributed by atoms with Crippen molar-refractivity contribution in [2.75, 3.05) is 23.7 Å². The number of thiazole rings is 1. The summed E-state index contributed by atoms with van der Waals surface area (Å²) >= 11 is 1.26. The summed E-state index contributed by atoms with van der Waals surface area (Å²) in [6, 6.07) is 3.12. The standard InChI is InChI=1S/C17H22N4O4S/c1-17(2,3)25-16(24)19-10-4-5-21(8-10)11-6-9(14(22)23)7-12-13(11)20-15(18)26-12/h6-7,10H,4-5,8H2,1-3H3,(H2,18,20)(H,19,24)(H,22,23)/t10-/m0/s1. The van der Waals surface area contributed by atoms with Gasteiger partial charge < -0.3 is 25.8 Å². The fourth-order valence-electron chi connectivity index (χ4n) is 2.96. The van der Waals surface area contributed by atoms with Gasteiger partial charge in [-0.05, 0) is 39.3 Å². The van der Waals surface area contributed by atoms with E-state index < -0.39 is 17.7 Å². The van der Waals surface area contributed by atoms with Crippen molar-refractivity contribution >= 4 is 44.4 Å². The third-order valence-corrected chi connectivity index (χ3v) is 4.82. The number of hydrogen-bond donors (Lipinski definition) is 3. The smallest absolute Gasteiger partial charge is 0.407 e. The van der Waals surface area contributed by atoms with Crippen LogP contribution in [0.1, 0.15) is 37.6 Å². The molecule has 0 unspecified atom stereocenters. The molecule has 1 atom stereocenters. The van der Waals surface area contributed by atoms with Crippen LogP contribution in [0.5, 0.6) is 0 Å². The highest BCUT2D eigenvalue weighted by Crippen LogP contribution is 2.35. The zero-order chi connectivity index (χ0) is 19.1. The van der Waals surface area contributed by atoms with Crippen molar-refractivity contribution in [3.8, 4) is 0 Å². The number of aromatic nitrogens is 1. The molecule has 0 saturated carbocycles. The topological polar surface area (TPSA) is 118 Å². The van der Waals surface area contributed by atoms with Gasteiger partial charge in [-0.25, -0.2) is 14.6 Å². The second-order valence-electron chi connectivity index (χ2n) is 7.28.